The molecule has 0 fully saturated rings. The maximum absolute atomic E-state index is 9.86. The lowest BCUT2D eigenvalue weighted by molar-refractivity contribution is -0.00857. The summed E-state index contributed by atoms with van der Waals surface area (Å²) in [6.07, 6.45) is 0.682. The highest BCUT2D eigenvalue weighted by Crippen LogP contribution is 2.07. The van der Waals surface area contributed by atoms with Crippen molar-refractivity contribution in [1.82, 2.24) is 5.32 Å². The summed E-state index contributed by atoms with van der Waals surface area (Å²) in [5.74, 6) is 0.603. The van der Waals surface area contributed by atoms with Gasteiger partial charge < -0.3 is 15.2 Å². The lowest BCUT2D eigenvalue weighted by Gasteiger charge is -2.18. The van der Waals surface area contributed by atoms with E-state index >= 15 is 0 Å². The van der Waals surface area contributed by atoms with Crippen molar-refractivity contribution < 1.29 is 9.84 Å². The van der Waals surface area contributed by atoms with Crippen molar-refractivity contribution in [1.29, 1.82) is 5.26 Å². The fourth-order valence-corrected chi connectivity index (χ4v) is 2.15. The Labute approximate surface area is 127 Å². The molecule has 1 rings (SSSR count). The molecule has 0 aliphatic heterocycles. The van der Waals surface area contributed by atoms with Crippen LogP contribution < -0.4 is 5.32 Å². The fraction of sp³-hybridized carbons (Fsp3) is 0.588. The summed E-state index contributed by atoms with van der Waals surface area (Å²) in [5.41, 5.74) is 1.75. The minimum absolute atomic E-state index is 0.179. The molecule has 2 N–H and O–H groups in total. The number of aliphatic hydroxyl groups excluding tert-OH is 1. The minimum atomic E-state index is -0.502. The first kappa shape index (κ1) is 17.6. The van der Waals surface area contributed by atoms with Gasteiger partial charge in [0, 0.05) is 13.1 Å². The molecule has 0 saturated heterocycles. The monoisotopic (exact) mass is 290 g/mol. The van der Waals surface area contributed by atoms with E-state index in [9.17, 15) is 5.11 Å². The van der Waals surface area contributed by atoms with E-state index in [0.717, 1.165) is 12.0 Å². The molecule has 0 aromatic heterocycles. The van der Waals surface area contributed by atoms with Crippen LogP contribution in [0.1, 0.15) is 38.3 Å². The molecule has 0 bridgehead atoms. The molecule has 0 spiro atoms. The summed E-state index contributed by atoms with van der Waals surface area (Å²) in [4.78, 5) is 0. The summed E-state index contributed by atoms with van der Waals surface area (Å²) >= 11 is 0. The third-order valence-corrected chi connectivity index (χ3v) is 3.17. The molecule has 116 valence electrons. The van der Waals surface area contributed by atoms with Crippen molar-refractivity contribution in [2.75, 3.05) is 13.2 Å². The molecular weight excluding hydrogens is 264 g/mol. The molecule has 0 aliphatic carbocycles. The van der Waals surface area contributed by atoms with Gasteiger partial charge in [-0.1, -0.05) is 26.0 Å². The van der Waals surface area contributed by atoms with E-state index in [1.807, 2.05) is 19.1 Å². The van der Waals surface area contributed by atoms with Crippen molar-refractivity contribution in [3.8, 4) is 6.07 Å². The Morgan fingerprint density at radius 2 is 1.90 bits per heavy atom. The molecule has 0 heterocycles. The van der Waals surface area contributed by atoms with Crippen LogP contribution in [0.2, 0.25) is 0 Å². The van der Waals surface area contributed by atoms with E-state index < -0.39 is 6.10 Å². The average Bonchev–Trinajstić information content (AvgIpc) is 2.45. The molecule has 2 atom stereocenters. The second-order valence-corrected chi connectivity index (χ2v) is 5.87. The molecule has 1 aromatic carbocycles. The first-order chi connectivity index (χ1) is 10.0. The number of rotatable bonds is 9. The number of aliphatic hydroxyl groups is 1. The second kappa shape index (κ2) is 9.51. The van der Waals surface area contributed by atoms with E-state index in [-0.39, 0.29) is 6.10 Å². The molecular formula is C17H26N2O2. The smallest absolute Gasteiger partial charge is 0.0991 e. The molecule has 0 amide bonds. The van der Waals surface area contributed by atoms with Crippen LogP contribution in [0, 0.1) is 17.2 Å². The molecule has 0 saturated carbocycles. The van der Waals surface area contributed by atoms with Gasteiger partial charge in [-0.3, -0.25) is 0 Å². The van der Waals surface area contributed by atoms with Crippen LogP contribution in [0.3, 0.4) is 0 Å². The van der Waals surface area contributed by atoms with Crippen LogP contribution in [0.4, 0.5) is 0 Å². The Morgan fingerprint density at radius 3 is 2.48 bits per heavy atom. The summed E-state index contributed by atoms with van der Waals surface area (Å²) in [6, 6.07) is 9.52. The number of hydrogen-bond acceptors (Lipinski definition) is 4. The largest absolute Gasteiger partial charge is 0.389 e. The van der Waals surface area contributed by atoms with Crippen molar-refractivity contribution in [2.45, 2.75) is 45.9 Å². The third-order valence-electron chi connectivity index (χ3n) is 3.17. The average molecular weight is 290 g/mol. The van der Waals surface area contributed by atoms with Gasteiger partial charge in [-0.25, -0.2) is 0 Å². The van der Waals surface area contributed by atoms with Crippen LogP contribution in [0.5, 0.6) is 0 Å². The Kier molecular flexibility index (Phi) is 7.99. The number of ether oxygens (including phenoxy) is 1. The molecule has 21 heavy (non-hydrogen) atoms. The van der Waals surface area contributed by atoms with Gasteiger partial charge in [0.05, 0.1) is 30.4 Å². The quantitative estimate of drug-likeness (QED) is 0.733. The van der Waals surface area contributed by atoms with E-state index in [2.05, 4.69) is 25.2 Å². The van der Waals surface area contributed by atoms with Crippen molar-refractivity contribution in [3.05, 3.63) is 35.4 Å². The molecule has 2 unspecified atom stereocenters. The highest BCUT2D eigenvalue weighted by atomic mass is 16.5. The number of nitrogens with zero attached hydrogens (tertiary/aromatic N) is 1. The van der Waals surface area contributed by atoms with Gasteiger partial charge in [0.15, 0.2) is 0 Å². The Hall–Kier alpha value is -1.41. The summed E-state index contributed by atoms with van der Waals surface area (Å²) < 4.78 is 5.62. The zero-order valence-electron chi connectivity index (χ0n) is 13.2. The Morgan fingerprint density at radius 1 is 1.24 bits per heavy atom. The van der Waals surface area contributed by atoms with Crippen molar-refractivity contribution in [3.63, 3.8) is 0 Å². The van der Waals surface area contributed by atoms with Crippen LogP contribution in [-0.4, -0.2) is 30.5 Å². The Bertz CT molecular complexity index is 437. The molecule has 0 aliphatic rings. The van der Waals surface area contributed by atoms with Crippen LogP contribution in [-0.2, 0) is 11.3 Å². The first-order valence-electron chi connectivity index (χ1n) is 7.50. The lowest BCUT2D eigenvalue weighted by atomic mass is 10.1. The zero-order chi connectivity index (χ0) is 15.7. The number of nitriles is 1. The van der Waals surface area contributed by atoms with Gasteiger partial charge in [-0.15, -0.1) is 0 Å². The highest BCUT2D eigenvalue weighted by molar-refractivity contribution is 5.31. The van der Waals surface area contributed by atoms with Crippen molar-refractivity contribution in [2.24, 2.45) is 5.92 Å². The first-order valence-corrected chi connectivity index (χ1v) is 7.50. The molecule has 1 aromatic rings. The molecule has 0 radical (unpaired) electrons. The van der Waals surface area contributed by atoms with E-state index in [4.69, 9.17) is 10.00 Å². The SMILES string of the molecule is CC(C)CC(C)OCC(O)CNCc1ccc(C#N)cc1. The lowest BCUT2D eigenvalue weighted by Crippen LogP contribution is -2.31. The standard InChI is InChI=1S/C17H26N2O2/c1-13(2)8-14(3)21-12-17(20)11-19-10-16-6-4-15(9-18)5-7-16/h4-7,13-14,17,19-20H,8,10-12H2,1-3H3. The zero-order valence-corrected chi connectivity index (χ0v) is 13.2. The minimum Gasteiger partial charge on any atom is -0.389 e. The number of benzene rings is 1. The summed E-state index contributed by atoms with van der Waals surface area (Å²) in [7, 11) is 0. The van der Waals surface area contributed by atoms with Gasteiger partial charge in [-0.05, 0) is 37.0 Å². The predicted molar refractivity (Wildman–Crippen MR) is 83.7 cm³/mol. The second-order valence-electron chi connectivity index (χ2n) is 5.87. The molecule has 4 heteroatoms. The van der Waals surface area contributed by atoms with E-state index in [0.29, 0.717) is 31.2 Å². The van der Waals surface area contributed by atoms with Gasteiger partial charge in [-0.2, -0.15) is 5.26 Å². The van der Waals surface area contributed by atoms with Gasteiger partial charge in [0.25, 0.3) is 0 Å². The van der Waals surface area contributed by atoms with Gasteiger partial charge in [0.1, 0.15) is 0 Å². The van der Waals surface area contributed by atoms with E-state index in [1.165, 1.54) is 0 Å². The number of nitrogens with one attached hydrogen (secondary N) is 1. The van der Waals surface area contributed by atoms with Gasteiger partial charge >= 0.3 is 0 Å². The highest BCUT2D eigenvalue weighted by Gasteiger charge is 2.09. The number of hydrogen-bond donors (Lipinski definition) is 2. The van der Waals surface area contributed by atoms with Crippen LogP contribution in [0.25, 0.3) is 0 Å². The maximum atomic E-state index is 9.86. The van der Waals surface area contributed by atoms with E-state index in [1.54, 1.807) is 12.1 Å². The molecule has 4 nitrogen and oxygen atoms in total. The fourth-order valence-electron chi connectivity index (χ4n) is 2.15. The maximum Gasteiger partial charge on any atom is 0.0991 e. The predicted octanol–water partition coefficient (Wildman–Crippen LogP) is 2.46. The third kappa shape index (κ3) is 7.81. The summed E-state index contributed by atoms with van der Waals surface area (Å²) in [5, 5.41) is 21.8. The Balaban J connectivity index is 2.18. The topological polar surface area (TPSA) is 65.3 Å². The van der Waals surface area contributed by atoms with Crippen LogP contribution in [0.15, 0.2) is 24.3 Å². The van der Waals surface area contributed by atoms with Crippen LogP contribution >= 0.6 is 0 Å². The van der Waals surface area contributed by atoms with Crippen molar-refractivity contribution >= 4 is 0 Å². The normalized spacial score (nSPS) is 13.9. The van der Waals surface area contributed by atoms with Gasteiger partial charge in [0.2, 0.25) is 0 Å². The summed E-state index contributed by atoms with van der Waals surface area (Å²) in [6.45, 7) is 7.88.